The normalized spacial score (nSPS) is 14.1. The maximum atomic E-state index is 12.3. The zero-order valence-electron chi connectivity index (χ0n) is 18.4. The smallest absolute Gasteiger partial charge is 0.315 e. The van der Waals surface area contributed by atoms with Gasteiger partial charge in [0.25, 0.3) is 0 Å². The Morgan fingerprint density at radius 1 is 1.16 bits per heavy atom. The Morgan fingerprint density at radius 3 is 2.50 bits per heavy atom. The minimum atomic E-state index is -0.163. The number of piperidine rings is 1. The number of carbonyl (C=O) groups excluding carboxylic acids is 1. The summed E-state index contributed by atoms with van der Waals surface area (Å²) in [7, 11) is 0. The molecule has 0 unspecified atom stereocenters. The van der Waals surface area contributed by atoms with E-state index in [0.717, 1.165) is 54.4 Å². The Morgan fingerprint density at radius 2 is 1.91 bits per heavy atom. The summed E-state index contributed by atoms with van der Waals surface area (Å²) in [5, 5.41) is 19.4. The number of nitrogens with zero attached hydrogens (tertiary/aromatic N) is 5. The fraction of sp³-hybridized carbons (Fsp3) is 0.333. The van der Waals surface area contributed by atoms with Crippen LogP contribution in [0.15, 0.2) is 48.7 Å². The van der Waals surface area contributed by atoms with Gasteiger partial charge in [0.15, 0.2) is 5.82 Å². The van der Waals surface area contributed by atoms with Crippen LogP contribution < -0.4 is 15.5 Å². The predicted octanol–water partition coefficient (Wildman–Crippen LogP) is 3.22. The van der Waals surface area contributed by atoms with E-state index < -0.39 is 0 Å². The van der Waals surface area contributed by atoms with E-state index in [9.17, 15) is 4.79 Å². The first-order valence-electron chi connectivity index (χ1n) is 10.8. The van der Waals surface area contributed by atoms with Crippen LogP contribution in [0.3, 0.4) is 0 Å². The molecule has 0 radical (unpaired) electrons. The highest BCUT2D eigenvalue weighted by Gasteiger charge is 2.21. The molecule has 164 valence electrons. The molecule has 0 aliphatic carbocycles. The first kappa shape index (κ1) is 21.4. The van der Waals surface area contributed by atoms with Gasteiger partial charge in [0, 0.05) is 43.3 Å². The molecule has 32 heavy (non-hydrogen) atoms. The molecular weight excluding hydrogens is 402 g/mol. The third-order valence-electron chi connectivity index (χ3n) is 5.68. The van der Waals surface area contributed by atoms with Crippen molar-refractivity contribution in [1.82, 2.24) is 25.4 Å². The molecule has 0 bridgehead atoms. The fourth-order valence-electron chi connectivity index (χ4n) is 3.95. The van der Waals surface area contributed by atoms with Crippen LogP contribution in [0.5, 0.6) is 0 Å². The minimum Gasteiger partial charge on any atom is -0.371 e. The third kappa shape index (κ3) is 5.06. The molecule has 0 spiro atoms. The largest absolute Gasteiger partial charge is 0.371 e. The molecule has 4 rings (SSSR count). The van der Waals surface area contributed by atoms with Crippen LogP contribution in [0, 0.1) is 25.2 Å². The highest BCUT2D eigenvalue weighted by atomic mass is 16.2. The van der Waals surface area contributed by atoms with Gasteiger partial charge in [-0.1, -0.05) is 6.07 Å². The Bertz CT molecular complexity index is 1100. The maximum Gasteiger partial charge on any atom is 0.315 e. The molecule has 2 amide bonds. The highest BCUT2D eigenvalue weighted by molar-refractivity contribution is 5.74. The molecule has 1 fully saturated rings. The second kappa shape index (κ2) is 9.52. The van der Waals surface area contributed by atoms with E-state index in [1.807, 2.05) is 61.0 Å². The van der Waals surface area contributed by atoms with Crippen molar-refractivity contribution in [3.63, 3.8) is 0 Å². The van der Waals surface area contributed by atoms with Gasteiger partial charge in [-0.25, -0.2) is 14.5 Å². The number of hydrogen-bond donors (Lipinski definition) is 2. The zero-order valence-corrected chi connectivity index (χ0v) is 18.4. The summed E-state index contributed by atoms with van der Waals surface area (Å²) >= 11 is 0. The minimum absolute atomic E-state index is 0.149. The average Bonchev–Trinajstić information content (AvgIpc) is 3.16. The van der Waals surface area contributed by atoms with Gasteiger partial charge in [0.05, 0.1) is 17.3 Å². The van der Waals surface area contributed by atoms with Gasteiger partial charge in [-0.05, 0) is 68.7 Å². The van der Waals surface area contributed by atoms with Gasteiger partial charge in [0.2, 0.25) is 0 Å². The van der Waals surface area contributed by atoms with E-state index in [1.54, 1.807) is 6.20 Å². The summed E-state index contributed by atoms with van der Waals surface area (Å²) in [6.45, 7) is 6.11. The van der Waals surface area contributed by atoms with Gasteiger partial charge in [-0.2, -0.15) is 10.4 Å². The van der Waals surface area contributed by atoms with Crippen LogP contribution in [0.25, 0.3) is 5.82 Å². The first-order valence-corrected chi connectivity index (χ1v) is 10.8. The van der Waals surface area contributed by atoms with E-state index in [0.29, 0.717) is 12.1 Å². The SMILES string of the molecule is Cc1cc(C)n(-c2ccc(CNC(=O)NC3CCN(c4ccc(C#N)cc4)CC3)cn2)n1. The molecule has 8 nitrogen and oxygen atoms in total. The van der Waals surface area contributed by atoms with E-state index in [-0.39, 0.29) is 12.1 Å². The lowest BCUT2D eigenvalue weighted by atomic mass is 10.0. The van der Waals surface area contributed by atoms with Crippen LogP contribution in [0.4, 0.5) is 10.5 Å². The van der Waals surface area contributed by atoms with E-state index in [4.69, 9.17) is 5.26 Å². The Balaban J connectivity index is 1.22. The summed E-state index contributed by atoms with van der Waals surface area (Å²) < 4.78 is 1.81. The van der Waals surface area contributed by atoms with Crippen LogP contribution in [-0.4, -0.2) is 39.9 Å². The molecule has 1 aliphatic heterocycles. The van der Waals surface area contributed by atoms with Crippen molar-refractivity contribution in [1.29, 1.82) is 5.26 Å². The second-order valence-electron chi connectivity index (χ2n) is 8.11. The average molecular weight is 430 g/mol. The van der Waals surface area contributed by atoms with Gasteiger partial charge in [0.1, 0.15) is 0 Å². The zero-order chi connectivity index (χ0) is 22.5. The summed E-state index contributed by atoms with van der Waals surface area (Å²) in [5.74, 6) is 0.762. The topological polar surface area (TPSA) is 98.9 Å². The molecule has 1 saturated heterocycles. The lowest BCUT2D eigenvalue weighted by Crippen LogP contribution is -2.47. The van der Waals surface area contributed by atoms with Crippen molar-refractivity contribution in [2.45, 2.75) is 39.3 Å². The van der Waals surface area contributed by atoms with Gasteiger partial charge < -0.3 is 15.5 Å². The van der Waals surface area contributed by atoms with Gasteiger partial charge in [-0.15, -0.1) is 0 Å². The lowest BCUT2D eigenvalue weighted by Gasteiger charge is -2.34. The van der Waals surface area contributed by atoms with E-state index in [2.05, 4.69) is 31.7 Å². The molecule has 0 atom stereocenters. The van der Waals surface area contributed by atoms with Crippen molar-refractivity contribution in [3.8, 4) is 11.9 Å². The number of pyridine rings is 1. The van der Waals surface area contributed by atoms with Crippen molar-refractivity contribution < 1.29 is 4.79 Å². The maximum absolute atomic E-state index is 12.3. The third-order valence-corrected chi connectivity index (χ3v) is 5.68. The number of nitrogens with one attached hydrogen (secondary N) is 2. The van der Waals surface area contributed by atoms with Crippen LogP contribution in [0.1, 0.15) is 35.4 Å². The first-order chi connectivity index (χ1) is 15.5. The van der Waals surface area contributed by atoms with E-state index in [1.165, 1.54) is 0 Å². The monoisotopic (exact) mass is 429 g/mol. The number of benzene rings is 1. The Hall–Kier alpha value is -3.86. The number of aromatic nitrogens is 3. The van der Waals surface area contributed by atoms with Crippen molar-refractivity contribution in [2.24, 2.45) is 0 Å². The molecule has 8 heteroatoms. The van der Waals surface area contributed by atoms with Crippen molar-refractivity contribution >= 4 is 11.7 Å². The number of aryl methyl sites for hydroxylation is 2. The molecule has 3 aromatic rings. The molecule has 2 aromatic heterocycles. The highest BCUT2D eigenvalue weighted by Crippen LogP contribution is 2.20. The number of nitriles is 1. The summed E-state index contributed by atoms with van der Waals surface area (Å²) in [6.07, 6.45) is 3.53. The summed E-state index contributed by atoms with van der Waals surface area (Å²) in [6, 6.07) is 15.6. The molecular formula is C24H27N7O. The Labute approximate surface area is 187 Å². The number of carbonyl (C=O) groups is 1. The van der Waals surface area contributed by atoms with Gasteiger partial charge >= 0.3 is 6.03 Å². The summed E-state index contributed by atoms with van der Waals surface area (Å²) in [5.41, 5.74) is 4.70. The number of anilines is 1. The number of urea groups is 1. The lowest BCUT2D eigenvalue weighted by molar-refractivity contribution is 0.234. The van der Waals surface area contributed by atoms with E-state index >= 15 is 0 Å². The molecule has 3 heterocycles. The Kier molecular flexibility index (Phi) is 6.36. The molecule has 0 saturated carbocycles. The number of amides is 2. The van der Waals surface area contributed by atoms with Gasteiger partial charge in [-0.3, -0.25) is 0 Å². The summed E-state index contributed by atoms with van der Waals surface area (Å²) in [4.78, 5) is 19.1. The molecule has 1 aliphatic rings. The van der Waals surface area contributed by atoms with Crippen LogP contribution in [-0.2, 0) is 6.54 Å². The van der Waals surface area contributed by atoms with Crippen molar-refractivity contribution in [3.05, 3.63) is 71.2 Å². The number of rotatable bonds is 5. The fourth-order valence-corrected chi connectivity index (χ4v) is 3.95. The second-order valence-corrected chi connectivity index (χ2v) is 8.11. The standard InChI is InChI=1S/C24H27N7O/c1-17-13-18(2)31(29-17)23-8-5-20(15-26-23)16-27-24(32)28-21-9-11-30(12-10-21)22-6-3-19(14-25)4-7-22/h3-8,13,15,21H,9-12,16H2,1-2H3,(H2,27,28,32). The molecule has 1 aromatic carbocycles. The quantitative estimate of drug-likeness (QED) is 0.649. The predicted molar refractivity (Wildman–Crippen MR) is 123 cm³/mol. The van der Waals surface area contributed by atoms with Crippen molar-refractivity contribution in [2.75, 3.05) is 18.0 Å². The molecule has 2 N–H and O–H groups in total. The van der Waals surface area contributed by atoms with Crippen LogP contribution in [0.2, 0.25) is 0 Å². The van der Waals surface area contributed by atoms with Crippen LogP contribution >= 0.6 is 0 Å². The number of hydrogen-bond acceptors (Lipinski definition) is 5.